The van der Waals surface area contributed by atoms with Crippen LogP contribution in [0.15, 0.2) is 48.0 Å². The van der Waals surface area contributed by atoms with Gasteiger partial charge in [0.2, 0.25) is 0 Å². The summed E-state index contributed by atoms with van der Waals surface area (Å²) in [4.78, 5) is 4.48. The van der Waals surface area contributed by atoms with E-state index in [9.17, 15) is 0 Å². The van der Waals surface area contributed by atoms with E-state index in [1.165, 1.54) is 20.9 Å². The Balaban J connectivity index is 0.000000667. The maximum Gasteiger partial charge on any atom is 0.0683 e. The Labute approximate surface area is 161 Å². The summed E-state index contributed by atoms with van der Waals surface area (Å²) in [6, 6.07) is 18.0. The Morgan fingerprint density at radius 2 is 1.65 bits per heavy atom. The van der Waals surface area contributed by atoms with Crippen molar-refractivity contribution in [3.05, 3.63) is 61.5 Å². The van der Waals surface area contributed by atoms with Crippen molar-refractivity contribution in [3.8, 4) is 0 Å². The summed E-state index contributed by atoms with van der Waals surface area (Å²) in [5.41, 5.74) is 2.99. The van der Waals surface area contributed by atoms with Crippen LogP contribution >= 0.6 is 11.3 Å². The molecule has 0 amide bonds. The summed E-state index contributed by atoms with van der Waals surface area (Å²) in [6.45, 7) is 0. The Morgan fingerprint density at radius 1 is 0.950 bits per heavy atom. The molecule has 0 aliphatic heterocycles. The van der Waals surface area contributed by atoms with Crippen molar-refractivity contribution in [2.75, 3.05) is 0 Å². The van der Waals surface area contributed by atoms with Crippen molar-refractivity contribution >= 4 is 43.1 Å². The van der Waals surface area contributed by atoms with Crippen LogP contribution in [0.5, 0.6) is 0 Å². The van der Waals surface area contributed by atoms with Crippen molar-refractivity contribution in [1.82, 2.24) is 4.98 Å². The molecule has 1 heterocycles. The Hall–Kier alpha value is -0.177. The molecule has 20 heavy (non-hydrogen) atoms. The maximum absolute atomic E-state index is 4.48. The molecule has 1 aromatic heterocycles. The van der Waals surface area contributed by atoms with Gasteiger partial charge < -0.3 is 7.43 Å². The van der Waals surface area contributed by atoms with Gasteiger partial charge in [0, 0.05) is 63.0 Å². The molecule has 0 spiro atoms. The molecule has 100 valence electrons. The van der Waals surface area contributed by atoms with E-state index in [1.807, 2.05) is 17.6 Å². The van der Waals surface area contributed by atoms with Crippen LogP contribution in [0, 0.1) is 13.5 Å². The molecule has 0 saturated carbocycles. The van der Waals surface area contributed by atoms with Crippen LogP contribution < -0.4 is 0 Å². The van der Waals surface area contributed by atoms with Gasteiger partial charge in [-0.25, -0.2) is 0 Å². The molecule has 0 saturated heterocycles. The second-order valence-electron chi connectivity index (χ2n) is 4.03. The average Bonchev–Trinajstić information content (AvgIpc) is 2.89. The van der Waals surface area contributed by atoms with E-state index in [1.54, 1.807) is 11.3 Å². The summed E-state index contributed by atoms with van der Waals surface area (Å²) in [6.07, 6.45) is 0. The van der Waals surface area contributed by atoms with E-state index in [0.717, 1.165) is 10.9 Å². The van der Waals surface area contributed by atoms with E-state index in [0.29, 0.717) is 0 Å². The summed E-state index contributed by atoms with van der Waals surface area (Å²) in [5, 5.41) is 4.94. The van der Waals surface area contributed by atoms with E-state index in [2.05, 4.69) is 41.4 Å². The number of nitrogens with zero attached hydrogens (tertiary/aromatic N) is 1. The molecule has 0 aliphatic rings. The molecule has 0 bridgehead atoms. The molecular formula is C16H11IrNSY-2. The number of benzene rings is 3. The molecule has 1 nitrogen and oxygen atoms in total. The molecular weight excluding hydrogens is 519 g/mol. The number of hydrogen-bond acceptors (Lipinski definition) is 2. The van der Waals surface area contributed by atoms with Crippen molar-refractivity contribution < 1.29 is 52.8 Å². The third-order valence-corrected chi connectivity index (χ3v) is 3.98. The molecule has 0 unspecified atom stereocenters. The van der Waals surface area contributed by atoms with Crippen LogP contribution in [0.2, 0.25) is 0 Å². The van der Waals surface area contributed by atoms with Gasteiger partial charge in [0.15, 0.2) is 0 Å². The van der Waals surface area contributed by atoms with E-state index >= 15 is 0 Å². The average molecular weight is 530 g/mol. The predicted molar refractivity (Wildman–Crippen MR) is 79.9 cm³/mol. The predicted octanol–water partition coefficient (Wildman–Crippen LogP) is 4.85. The molecule has 4 aromatic rings. The minimum absolute atomic E-state index is 0. The maximum atomic E-state index is 4.48. The van der Waals surface area contributed by atoms with E-state index in [-0.39, 0.29) is 60.2 Å². The Bertz CT molecular complexity index is 787. The van der Waals surface area contributed by atoms with Crippen LogP contribution in [0.3, 0.4) is 0 Å². The summed E-state index contributed by atoms with van der Waals surface area (Å²) in [5.74, 6) is 0. The fourth-order valence-electron chi connectivity index (χ4n) is 2.39. The summed E-state index contributed by atoms with van der Waals surface area (Å²) >= 11 is 1.70. The number of rotatable bonds is 0. The standard InChI is InChI=1S/C15H8NS.CH3.Ir.Y/c1-3-7-12-10(5-1)11-6-2-4-8-13(11)15-14(12)16-9-17-15;;;/h1-6,8-9H;1H3;;/q2*-1;;. The molecule has 4 rings (SSSR count). The van der Waals surface area contributed by atoms with Gasteiger partial charge >= 0.3 is 0 Å². The minimum atomic E-state index is 0. The van der Waals surface area contributed by atoms with Crippen molar-refractivity contribution in [2.24, 2.45) is 0 Å². The fourth-order valence-corrected chi connectivity index (χ4v) is 3.22. The fraction of sp³-hybridized carbons (Fsp3) is 0. The molecule has 3 aromatic carbocycles. The number of hydrogen-bond donors (Lipinski definition) is 0. The van der Waals surface area contributed by atoms with Crippen LogP contribution in [-0.4, -0.2) is 4.98 Å². The second kappa shape index (κ2) is 7.20. The Kier molecular flexibility index (Phi) is 6.43. The van der Waals surface area contributed by atoms with Gasteiger partial charge in [0.25, 0.3) is 0 Å². The first kappa shape index (κ1) is 17.9. The monoisotopic (exact) mass is 531 g/mol. The first-order chi connectivity index (χ1) is 8.45. The van der Waals surface area contributed by atoms with Crippen LogP contribution in [0.4, 0.5) is 0 Å². The number of aromatic nitrogens is 1. The van der Waals surface area contributed by atoms with Crippen LogP contribution in [-0.2, 0) is 52.8 Å². The Morgan fingerprint density at radius 3 is 2.45 bits per heavy atom. The van der Waals surface area contributed by atoms with Gasteiger partial charge in [0.1, 0.15) is 0 Å². The number of fused-ring (bicyclic) bond motifs is 6. The molecule has 2 radical (unpaired) electrons. The molecule has 0 aliphatic carbocycles. The molecule has 0 N–H and O–H groups in total. The first-order valence-electron chi connectivity index (χ1n) is 5.49. The normalized spacial score (nSPS) is 9.80. The quantitative estimate of drug-likeness (QED) is 0.234. The topological polar surface area (TPSA) is 12.9 Å². The van der Waals surface area contributed by atoms with E-state index < -0.39 is 0 Å². The SMILES string of the molecule is [CH3-].[Ir].[Y].[c-]1cccc2c1c1ncsc1c1ccccc21. The van der Waals surface area contributed by atoms with Crippen LogP contribution in [0.1, 0.15) is 0 Å². The first-order valence-corrected chi connectivity index (χ1v) is 6.37. The van der Waals surface area contributed by atoms with Gasteiger partial charge in [-0.15, -0.1) is 41.0 Å². The van der Waals surface area contributed by atoms with Crippen molar-refractivity contribution in [3.63, 3.8) is 0 Å². The molecule has 4 heteroatoms. The summed E-state index contributed by atoms with van der Waals surface area (Å²) < 4.78 is 1.26. The minimum Gasteiger partial charge on any atom is -0.358 e. The number of thiazole rings is 1. The zero-order valence-corrected chi connectivity index (χ0v) is 16.9. The largest absolute Gasteiger partial charge is 0.358 e. The van der Waals surface area contributed by atoms with Gasteiger partial charge in [0.05, 0.1) is 5.51 Å². The molecule has 0 atom stereocenters. The second-order valence-corrected chi connectivity index (χ2v) is 4.89. The molecule has 0 fully saturated rings. The van der Waals surface area contributed by atoms with Crippen LogP contribution in [0.25, 0.3) is 31.8 Å². The van der Waals surface area contributed by atoms with Gasteiger partial charge in [-0.3, -0.25) is 4.98 Å². The zero-order chi connectivity index (χ0) is 11.2. The van der Waals surface area contributed by atoms with E-state index in [4.69, 9.17) is 0 Å². The van der Waals surface area contributed by atoms with Crippen molar-refractivity contribution in [2.45, 2.75) is 0 Å². The zero-order valence-electron chi connectivity index (χ0n) is 10.9. The van der Waals surface area contributed by atoms with Gasteiger partial charge in [-0.05, 0) is 5.39 Å². The van der Waals surface area contributed by atoms with Crippen molar-refractivity contribution in [1.29, 1.82) is 0 Å². The van der Waals surface area contributed by atoms with Gasteiger partial charge in [-0.2, -0.15) is 0 Å². The van der Waals surface area contributed by atoms with Gasteiger partial charge in [-0.1, -0.05) is 35.0 Å². The third-order valence-electron chi connectivity index (χ3n) is 3.12. The summed E-state index contributed by atoms with van der Waals surface area (Å²) in [7, 11) is 0. The third kappa shape index (κ3) is 2.63. The smallest absolute Gasteiger partial charge is 0.0683 e.